The summed E-state index contributed by atoms with van der Waals surface area (Å²) in [6, 6.07) is 8.77. The molecule has 1 atom stereocenters. The van der Waals surface area contributed by atoms with E-state index in [1.54, 1.807) is 24.7 Å². The first kappa shape index (κ1) is 15.7. The number of aryl methyl sites for hydroxylation is 1. The van der Waals surface area contributed by atoms with Crippen LogP contribution in [-0.4, -0.2) is 21.5 Å². The van der Waals surface area contributed by atoms with Crippen molar-refractivity contribution in [1.29, 1.82) is 0 Å². The average Bonchev–Trinajstić information content (AvgIpc) is 3.26. The molecule has 0 N–H and O–H groups in total. The molecular formula is C19H19FN4O. The van der Waals surface area contributed by atoms with Gasteiger partial charge in [-0.2, -0.15) is 0 Å². The fourth-order valence-electron chi connectivity index (χ4n) is 3.28. The number of aromatic nitrogens is 3. The molecule has 0 amide bonds. The molecule has 0 bridgehead atoms. The van der Waals surface area contributed by atoms with Gasteiger partial charge < -0.3 is 9.32 Å². The molecule has 0 spiro atoms. The fourth-order valence-corrected chi connectivity index (χ4v) is 3.28. The van der Waals surface area contributed by atoms with Gasteiger partial charge in [-0.3, -0.25) is 0 Å². The minimum atomic E-state index is -0.223. The van der Waals surface area contributed by atoms with E-state index in [9.17, 15) is 4.39 Å². The summed E-state index contributed by atoms with van der Waals surface area (Å²) in [6.07, 6.45) is 5.70. The van der Waals surface area contributed by atoms with Crippen LogP contribution in [0.3, 0.4) is 0 Å². The molecule has 0 unspecified atom stereocenters. The normalized spacial score (nSPS) is 17.2. The van der Waals surface area contributed by atoms with Crippen LogP contribution < -0.4 is 4.90 Å². The molecule has 6 heteroatoms. The van der Waals surface area contributed by atoms with Crippen molar-refractivity contribution in [1.82, 2.24) is 15.0 Å². The molecule has 1 aliphatic heterocycles. The predicted molar refractivity (Wildman–Crippen MR) is 91.8 cm³/mol. The van der Waals surface area contributed by atoms with E-state index in [2.05, 4.69) is 19.9 Å². The molecule has 128 valence electrons. The zero-order valence-electron chi connectivity index (χ0n) is 14.0. The maximum atomic E-state index is 13.8. The molecule has 2 aromatic heterocycles. The van der Waals surface area contributed by atoms with Crippen LogP contribution in [0.2, 0.25) is 0 Å². The van der Waals surface area contributed by atoms with Crippen LogP contribution in [0.25, 0.3) is 0 Å². The molecule has 3 aromatic rings. The third-order valence-electron chi connectivity index (χ3n) is 4.52. The molecule has 5 nitrogen and oxygen atoms in total. The summed E-state index contributed by atoms with van der Waals surface area (Å²) in [5.41, 5.74) is 1.54. The summed E-state index contributed by atoms with van der Waals surface area (Å²) in [4.78, 5) is 15.2. The molecular weight excluding hydrogens is 319 g/mol. The van der Waals surface area contributed by atoms with Crippen molar-refractivity contribution in [2.45, 2.75) is 32.2 Å². The van der Waals surface area contributed by atoms with E-state index in [1.165, 1.54) is 6.07 Å². The standard InChI is InChI=1S/C19H19FN4O/c1-13-9-18(23-12-22-13)24-8-4-7-17(24)19-21-11-15(25-19)10-14-5-2-3-6-16(14)20/h2-3,5-6,9,11-12,17H,4,7-8,10H2,1H3/t17-/m1/s1. The van der Waals surface area contributed by atoms with Crippen LogP contribution in [-0.2, 0) is 6.42 Å². The van der Waals surface area contributed by atoms with E-state index in [1.807, 2.05) is 19.1 Å². The summed E-state index contributed by atoms with van der Waals surface area (Å²) in [5.74, 6) is 2.01. The van der Waals surface area contributed by atoms with Crippen LogP contribution >= 0.6 is 0 Å². The van der Waals surface area contributed by atoms with Crippen LogP contribution in [0.4, 0.5) is 10.2 Å². The smallest absolute Gasteiger partial charge is 0.217 e. The van der Waals surface area contributed by atoms with Gasteiger partial charge >= 0.3 is 0 Å². The summed E-state index contributed by atoms with van der Waals surface area (Å²) in [7, 11) is 0. The lowest BCUT2D eigenvalue weighted by atomic mass is 10.1. The number of rotatable bonds is 4. The van der Waals surface area contributed by atoms with Crippen LogP contribution in [0.1, 0.15) is 41.8 Å². The van der Waals surface area contributed by atoms with E-state index >= 15 is 0 Å². The Balaban J connectivity index is 1.56. The molecule has 0 saturated carbocycles. The number of hydrogen-bond acceptors (Lipinski definition) is 5. The van der Waals surface area contributed by atoms with Gasteiger partial charge in [0, 0.05) is 24.7 Å². The molecule has 4 rings (SSSR count). The Morgan fingerprint density at radius 1 is 1.24 bits per heavy atom. The number of oxazole rings is 1. The van der Waals surface area contributed by atoms with Crippen molar-refractivity contribution in [2.24, 2.45) is 0 Å². The first-order chi connectivity index (χ1) is 12.2. The quantitative estimate of drug-likeness (QED) is 0.723. The van der Waals surface area contributed by atoms with Crippen molar-refractivity contribution in [3.63, 3.8) is 0 Å². The Morgan fingerprint density at radius 2 is 2.12 bits per heavy atom. The molecule has 1 saturated heterocycles. The van der Waals surface area contributed by atoms with Gasteiger partial charge in [0.05, 0.1) is 6.20 Å². The minimum absolute atomic E-state index is 0.0590. The first-order valence-electron chi connectivity index (χ1n) is 8.44. The van der Waals surface area contributed by atoms with E-state index in [0.717, 1.165) is 30.9 Å². The Bertz CT molecular complexity index is 879. The zero-order chi connectivity index (χ0) is 17.2. The maximum Gasteiger partial charge on any atom is 0.217 e. The van der Waals surface area contributed by atoms with Crippen molar-refractivity contribution in [3.05, 3.63) is 71.6 Å². The molecule has 0 radical (unpaired) electrons. The third-order valence-corrected chi connectivity index (χ3v) is 4.52. The molecule has 1 aliphatic rings. The third kappa shape index (κ3) is 3.24. The highest BCUT2D eigenvalue weighted by Crippen LogP contribution is 2.35. The zero-order valence-corrected chi connectivity index (χ0v) is 14.0. The van der Waals surface area contributed by atoms with Gasteiger partial charge in [-0.05, 0) is 31.4 Å². The van der Waals surface area contributed by atoms with Crippen molar-refractivity contribution in [3.8, 4) is 0 Å². The predicted octanol–water partition coefficient (Wildman–Crippen LogP) is 3.84. The monoisotopic (exact) mass is 338 g/mol. The highest BCUT2D eigenvalue weighted by Gasteiger charge is 2.31. The number of halogens is 1. The van der Waals surface area contributed by atoms with Gasteiger partial charge in [-0.15, -0.1) is 0 Å². The van der Waals surface area contributed by atoms with Gasteiger partial charge in [-0.1, -0.05) is 18.2 Å². The van der Waals surface area contributed by atoms with Gasteiger partial charge in [0.2, 0.25) is 5.89 Å². The van der Waals surface area contributed by atoms with Crippen molar-refractivity contribution >= 4 is 5.82 Å². The molecule has 3 heterocycles. The van der Waals surface area contributed by atoms with E-state index in [0.29, 0.717) is 23.6 Å². The topological polar surface area (TPSA) is 55.1 Å². The van der Waals surface area contributed by atoms with Gasteiger partial charge in [0.25, 0.3) is 0 Å². The SMILES string of the molecule is Cc1cc(N2CCC[C@@H]2c2ncc(Cc3ccccc3F)o2)ncn1. The van der Waals surface area contributed by atoms with Gasteiger partial charge in [0.15, 0.2) is 0 Å². The molecule has 1 aromatic carbocycles. The number of anilines is 1. The molecule has 1 fully saturated rings. The van der Waals surface area contributed by atoms with E-state index < -0.39 is 0 Å². The molecule has 0 aliphatic carbocycles. The van der Waals surface area contributed by atoms with E-state index in [4.69, 9.17) is 4.42 Å². The van der Waals surface area contributed by atoms with Gasteiger partial charge in [0.1, 0.15) is 29.8 Å². The van der Waals surface area contributed by atoms with Gasteiger partial charge in [-0.25, -0.2) is 19.3 Å². The van der Waals surface area contributed by atoms with E-state index in [-0.39, 0.29) is 11.9 Å². The second kappa shape index (κ2) is 6.63. The lowest BCUT2D eigenvalue weighted by Gasteiger charge is -2.23. The largest absolute Gasteiger partial charge is 0.443 e. The Hall–Kier alpha value is -2.76. The summed E-state index contributed by atoms with van der Waals surface area (Å²) in [6.45, 7) is 2.86. The minimum Gasteiger partial charge on any atom is -0.443 e. The summed E-state index contributed by atoms with van der Waals surface area (Å²) >= 11 is 0. The first-order valence-corrected chi connectivity index (χ1v) is 8.44. The highest BCUT2D eigenvalue weighted by atomic mass is 19.1. The molecule has 25 heavy (non-hydrogen) atoms. The maximum absolute atomic E-state index is 13.8. The number of hydrogen-bond donors (Lipinski definition) is 0. The fraction of sp³-hybridized carbons (Fsp3) is 0.316. The Labute approximate surface area is 145 Å². The second-order valence-corrected chi connectivity index (χ2v) is 6.30. The average molecular weight is 338 g/mol. The van der Waals surface area contributed by atoms with Crippen molar-refractivity contribution < 1.29 is 8.81 Å². The number of benzene rings is 1. The summed E-state index contributed by atoms with van der Waals surface area (Å²) in [5, 5.41) is 0. The Morgan fingerprint density at radius 3 is 2.96 bits per heavy atom. The summed E-state index contributed by atoms with van der Waals surface area (Å²) < 4.78 is 19.8. The second-order valence-electron chi connectivity index (χ2n) is 6.30. The Kier molecular flexibility index (Phi) is 4.17. The van der Waals surface area contributed by atoms with Crippen LogP contribution in [0, 0.1) is 12.7 Å². The lowest BCUT2D eigenvalue weighted by molar-refractivity contribution is 0.423. The highest BCUT2D eigenvalue weighted by molar-refractivity contribution is 5.42. The lowest BCUT2D eigenvalue weighted by Crippen LogP contribution is -2.23. The number of nitrogens with zero attached hydrogens (tertiary/aromatic N) is 4. The van der Waals surface area contributed by atoms with Crippen molar-refractivity contribution in [2.75, 3.05) is 11.4 Å². The van der Waals surface area contributed by atoms with Crippen LogP contribution in [0.5, 0.6) is 0 Å². The van der Waals surface area contributed by atoms with Crippen LogP contribution in [0.15, 0.2) is 47.3 Å².